The van der Waals surface area contributed by atoms with Gasteiger partial charge in [0.05, 0.1) is 11.1 Å². The number of hydrogen-bond donors (Lipinski definition) is 1. The summed E-state index contributed by atoms with van der Waals surface area (Å²) in [5.41, 5.74) is 0.961. The summed E-state index contributed by atoms with van der Waals surface area (Å²) in [4.78, 5) is 22.7. The lowest BCUT2D eigenvalue weighted by atomic mass is 10.1. The van der Waals surface area contributed by atoms with Gasteiger partial charge in [-0.25, -0.2) is 9.59 Å². The molecule has 100 valence electrons. The first kappa shape index (κ1) is 14.7. The van der Waals surface area contributed by atoms with Crippen molar-refractivity contribution in [2.45, 2.75) is 19.4 Å². The molecule has 4 nitrogen and oxygen atoms in total. The molecule has 0 aliphatic rings. The van der Waals surface area contributed by atoms with E-state index >= 15 is 0 Å². The smallest absolute Gasteiger partial charge is 0.338 e. The molecule has 0 spiro atoms. The van der Waals surface area contributed by atoms with E-state index in [1.807, 2.05) is 0 Å². The highest BCUT2D eigenvalue weighted by atomic mass is 16.5. The molecule has 1 atom stereocenters. The molecular formula is C15H16O4. The standard InChI is InChI=1S/C15H16O4/c1-4-6-13(10(2)3)19-15(18)12-8-5-7-11(9-12)14(16)17/h4-5,7-9,13H,1-2,6H2,3H3,(H,16,17). The number of carbonyl (C=O) groups is 2. The molecule has 1 unspecified atom stereocenters. The van der Waals surface area contributed by atoms with Crippen LogP contribution in [0.4, 0.5) is 0 Å². The fourth-order valence-electron chi connectivity index (χ4n) is 1.48. The predicted octanol–water partition coefficient (Wildman–Crippen LogP) is 3.06. The van der Waals surface area contributed by atoms with E-state index in [0.29, 0.717) is 12.0 Å². The van der Waals surface area contributed by atoms with Crippen molar-refractivity contribution in [3.05, 3.63) is 60.2 Å². The van der Waals surface area contributed by atoms with Crippen LogP contribution in [0.2, 0.25) is 0 Å². The van der Waals surface area contributed by atoms with Gasteiger partial charge in [0.1, 0.15) is 6.10 Å². The number of ether oxygens (including phenoxy) is 1. The number of esters is 1. The number of aromatic carboxylic acids is 1. The molecule has 0 aliphatic heterocycles. The molecule has 0 aromatic heterocycles. The maximum absolute atomic E-state index is 11.9. The summed E-state index contributed by atoms with van der Waals surface area (Å²) in [6.07, 6.45) is 1.67. The second-order valence-corrected chi connectivity index (χ2v) is 4.15. The van der Waals surface area contributed by atoms with Crippen molar-refractivity contribution in [1.29, 1.82) is 0 Å². The minimum absolute atomic E-state index is 0.0463. The fourth-order valence-corrected chi connectivity index (χ4v) is 1.48. The van der Waals surface area contributed by atoms with Crippen molar-refractivity contribution in [3.63, 3.8) is 0 Å². The lowest BCUT2D eigenvalue weighted by Gasteiger charge is -2.16. The van der Waals surface area contributed by atoms with Gasteiger partial charge < -0.3 is 9.84 Å². The van der Waals surface area contributed by atoms with Gasteiger partial charge in [-0.2, -0.15) is 0 Å². The number of carboxylic acids is 1. The van der Waals surface area contributed by atoms with Crippen LogP contribution in [0.5, 0.6) is 0 Å². The van der Waals surface area contributed by atoms with Crippen LogP contribution in [0.25, 0.3) is 0 Å². The van der Waals surface area contributed by atoms with Crippen molar-refractivity contribution in [2.75, 3.05) is 0 Å². The number of benzene rings is 1. The minimum atomic E-state index is -1.09. The Balaban J connectivity index is 2.88. The highest BCUT2D eigenvalue weighted by Crippen LogP contribution is 2.14. The first-order valence-corrected chi connectivity index (χ1v) is 5.76. The Hall–Kier alpha value is -2.36. The van der Waals surface area contributed by atoms with Crippen LogP contribution in [0.15, 0.2) is 49.1 Å². The van der Waals surface area contributed by atoms with Crippen LogP contribution in [0.3, 0.4) is 0 Å². The zero-order valence-electron chi connectivity index (χ0n) is 10.8. The van der Waals surface area contributed by atoms with Gasteiger partial charge in [-0.15, -0.1) is 6.58 Å². The highest BCUT2D eigenvalue weighted by molar-refractivity contribution is 5.94. The van der Waals surface area contributed by atoms with E-state index in [2.05, 4.69) is 13.2 Å². The summed E-state index contributed by atoms with van der Waals surface area (Å²) >= 11 is 0. The zero-order chi connectivity index (χ0) is 14.4. The van der Waals surface area contributed by atoms with Crippen molar-refractivity contribution >= 4 is 11.9 Å². The maximum Gasteiger partial charge on any atom is 0.338 e. The third kappa shape index (κ3) is 4.10. The second-order valence-electron chi connectivity index (χ2n) is 4.15. The van der Waals surface area contributed by atoms with E-state index in [1.54, 1.807) is 13.0 Å². The number of carbonyl (C=O) groups excluding carboxylic acids is 1. The van der Waals surface area contributed by atoms with Gasteiger partial charge >= 0.3 is 11.9 Å². The van der Waals surface area contributed by atoms with Crippen LogP contribution in [-0.2, 0) is 4.74 Å². The lowest BCUT2D eigenvalue weighted by molar-refractivity contribution is 0.0380. The summed E-state index contributed by atoms with van der Waals surface area (Å²) < 4.78 is 5.27. The van der Waals surface area contributed by atoms with Crippen LogP contribution < -0.4 is 0 Å². The lowest BCUT2D eigenvalue weighted by Crippen LogP contribution is -2.18. The molecule has 1 rings (SSSR count). The predicted molar refractivity (Wildman–Crippen MR) is 72.2 cm³/mol. The molecule has 0 saturated heterocycles. The van der Waals surface area contributed by atoms with Gasteiger partial charge in [-0.3, -0.25) is 0 Å². The van der Waals surface area contributed by atoms with Gasteiger partial charge in [-0.05, 0) is 30.7 Å². The third-order valence-electron chi connectivity index (χ3n) is 2.52. The molecule has 0 heterocycles. The summed E-state index contributed by atoms with van der Waals surface area (Å²) in [7, 11) is 0. The van der Waals surface area contributed by atoms with Gasteiger partial charge in [0, 0.05) is 6.42 Å². The number of hydrogen-bond acceptors (Lipinski definition) is 3. The molecule has 0 radical (unpaired) electrons. The molecule has 1 N–H and O–H groups in total. The Morgan fingerprint density at radius 2 is 2.05 bits per heavy atom. The third-order valence-corrected chi connectivity index (χ3v) is 2.52. The van der Waals surface area contributed by atoms with Crippen molar-refractivity contribution in [2.24, 2.45) is 0 Å². The Labute approximate surface area is 112 Å². The highest BCUT2D eigenvalue weighted by Gasteiger charge is 2.16. The van der Waals surface area contributed by atoms with Gasteiger partial charge in [0.15, 0.2) is 0 Å². The first-order chi connectivity index (χ1) is 8.95. The molecule has 1 aromatic carbocycles. The summed E-state index contributed by atoms with van der Waals surface area (Å²) in [5, 5.41) is 8.87. The maximum atomic E-state index is 11.9. The molecule has 0 aliphatic carbocycles. The quantitative estimate of drug-likeness (QED) is 0.630. The minimum Gasteiger partial charge on any atom is -0.478 e. The molecule has 1 aromatic rings. The number of rotatable bonds is 6. The van der Waals surface area contributed by atoms with Crippen LogP contribution in [-0.4, -0.2) is 23.1 Å². The van der Waals surface area contributed by atoms with E-state index in [-0.39, 0.29) is 11.1 Å². The normalized spacial score (nSPS) is 11.4. The molecule has 0 saturated carbocycles. The molecule has 4 heteroatoms. The monoisotopic (exact) mass is 260 g/mol. The Morgan fingerprint density at radius 3 is 2.58 bits per heavy atom. The molecule has 0 fully saturated rings. The van der Waals surface area contributed by atoms with E-state index < -0.39 is 18.0 Å². The fraction of sp³-hybridized carbons (Fsp3) is 0.200. The summed E-state index contributed by atoms with van der Waals surface area (Å²) in [5.74, 6) is -1.66. The van der Waals surface area contributed by atoms with E-state index in [1.165, 1.54) is 24.3 Å². The Bertz CT molecular complexity index is 517. The second kappa shape index (κ2) is 6.54. The van der Waals surface area contributed by atoms with Crippen LogP contribution >= 0.6 is 0 Å². The molecule has 0 bridgehead atoms. The van der Waals surface area contributed by atoms with E-state index in [9.17, 15) is 9.59 Å². The van der Waals surface area contributed by atoms with Crippen molar-refractivity contribution in [3.8, 4) is 0 Å². The van der Waals surface area contributed by atoms with Crippen LogP contribution in [0.1, 0.15) is 34.1 Å². The zero-order valence-corrected chi connectivity index (χ0v) is 10.8. The Morgan fingerprint density at radius 1 is 1.42 bits per heavy atom. The Kier molecular flexibility index (Phi) is 5.06. The van der Waals surface area contributed by atoms with E-state index in [4.69, 9.17) is 9.84 Å². The largest absolute Gasteiger partial charge is 0.478 e. The molecule has 0 amide bonds. The average Bonchev–Trinajstić information content (AvgIpc) is 2.38. The summed E-state index contributed by atoms with van der Waals surface area (Å²) in [6.45, 7) is 9.10. The molecular weight excluding hydrogens is 244 g/mol. The SMILES string of the molecule is C=CCC(OC(=O)c1cccc(C(=O)O)c1)C(=C)C. The average molecular weight is 260 g/mol. The van der Waals surface area contributed by atoms with Crippen LogP contribution in [0, 0.1) is 0 Å². The number of carboxylic acid groups (broad SMARTS) is 1. The first-order valence-electron chi connectivity index (χ1n) is 5.76. The molecule has 19 heavy (non-hydrogen) atoms. The van der Waals surface area contributed by atoms with Gasteiger partial charge in [0.25, 0.3) is 0 Å². The van der Waals surface area contributed by atoms with E-state index in [0.717, 1.165) is 0 Å². The topological polar surface area (TPSA) is 63.6 Å². The van der Waals surface area contributed by atoms with Crippen molar-refractivity contribution < 1.29 is 19.4 Å². The van der Waals surface area contributed by atoms with Crippen molar-refractivity contribution in [1.82, 2.24) is 0 Å². The van der Waals surface area contributed by atoms with Gasteiger partial charge in [0.2, 0.25) is 0 Å². The summed E-state index contributed by atoms with van der Waals surface area (Å²) in [6, 6.07) is 5.72. The van der Waals surface area contributed by atoms with Gasteiger partial charge in [-0.1, -0.05) is 18.7 Å².